The fourth-order valence-electron chi connectivity index (χ4n) is 3.29. The molecule has 2 rings (SSSR count). The lowest BCUT2D eigenvalue weighted by molar-refractivity contribution is -0.0861. The Balaban J connectivity index is 1.92. The van der Waals surface area contributed by atoms with Crippen LogP contribution in [0.25, 0.3) is 0 Å². The highest BCUT2D eigenvalue weighted by Gasteiger charge is 2.35. The van der Waals surface area contributed by atoms with E-state index in [-0.39, 0.29) is 5.60 Å². The van der Waals surface area contributed by atoms with Crippen molar-refractivity contribution < 1.29 is 4.74 Å². The molecule has 0 bridgehead atoms. The number of hydrogen-bond acceptors (Lipinski definition) is 2. The maximum atomic E-state index is 6.43. The van der Waals surface area contributed by atoms with E-state index in [1.807, 2.05) is 0 Å². The van der Waals surface area contributed by atoms with E-state index in [2.05, 4.69) is 49.5 Å². The van der Waals surface area contributed by atoms with Crippen LogP contribution in [-0.4, -0.2) is 18.7 Å². The molecule has 0 unspecified atom stereocenters. The molecule has 2 heteroatoms. The number of hydrogen-bond donors (Lipinski definition) is 1. The average Bonchev–Trinajstić information content (AvgIpc) is 2.55. The van der Waals surface area contributed by atoms with E-state index in [1.54, 1.807) is 0 Å². The van der Waals surface area contributed by atoms with Crippen molar-refractivity contribution in [2.24, 2.45) is 5.92 Å². The predicted molar refractivity (Wildman–Crippen MR) is 89.4 cm³/mol. The molecule has 0 spiro atoms. The molecule has 21 heavy (non-hydrogen) atoms. The van der Waals surface area contributed by atoms with Crippen LogP contribution in [0, 0.1) is 5.92 Å². The molecule has 0 atom stereocenters. The van der Waals surface area contributed by atoms with Crippen molar-refractivity contribution in [3.63, 3.8) is 0 Å². The highest BCUT2D eigenvalue weighted by Crippen LogP contribution is 2.36. The van der Waals surface area contributed by atoms with Crippen LogP contribution in [0.15, 0.2) is 30.3 Å². The standard InChI is InChI=1S/C19H31NO/c1-3-14-20-16-19(12-10-17(4-2)11-13-19)21-15-18-8-6-5-7-9-18/h5-9,17,20H,3-4,10-16H2,1-2H3. The van der Waals surface area contributed by atoms with Gasteiger partial charge in [0, 0.05) is 6.54 Å². The summed E-state index contributed by atoms with van der Waals surface area (Å²) in [6.07, 6.45) is 7.55. The highest BCUT2D eigenvalue weighted by molar-refractivity contribution is 5.13. The minimum atomic E-state index is 0.0523. The van der Waals surface area contributed by atoms with Gasteiger partial charge < -0.3 is 10.1 Å². The Morgan fingerprint density at radius 1 is 1.14 bits per heavy atom. The van der Waals surface area contributed by atoms with Crippen LogP contribution in [-0.2, 0) is 11.3 Å². The van der Waals surface area contributed by atoms with Crippen molar-refractivity contribution in [3.8, 4) is 0 Å². The fraction of sp³-hybridized carbons (Fsp3) is 0.684. The number of benzene rings is 1. The molecule has 118 valence electrons. The van der Waals surface area contributed by atoms with Gasteiger partial charge in [-0.15, -0.1) is 0 Å². The molecular formula is C19H31NO. The summed E-state index contributed by atoms with van der Waals surface area (Å²) in [6, 6.07) is 10.6. The second-order valence-electron chi connectivity index (χ2n) is 6.49. The van der Waals surface area contributed by atoms with Crippen molar-refractivity contribution in [2.75, 3.05) is 13.1 Å². The Labute approximate surface area is 130 Å². The zero-order valence-electron chi connectivity index (χ0n) is 13.7. The first-order valence-corrected chi connectivity index (χ1v) is 8.66. The second kappa shape index (κ2) is 8.55. The molecule has 1 fully saturated rings. The van der Waals surface area contributed by atoms with Gasteiger partial charge in [-0.2, -0.15) is 0 Å². The minimum Gasteiger partial charge on any atom is -0.369 e. The third-order valence-electron chi connectivity index (χ3n) is 4.86. The highest BCUT2D eigenvalue weighted by atomic mass is 16.5. The van der Waals surface area contributed by atoms with Crippen molar-refractivity contribution >= 4 is 0 Å². The van der Waals surface area contributed by atoms with Crippen LogP contribution < -0.4 is 5.32 Å². The van der Waals surface area contributed by atoms with E-state index in [0.717, 1.165) is 25.6 Å². The summed E-state index contributed by atoms with van der Waals surface area (Å²) in [4.78, 5) is 0. The van der Waals surface area contributed by atoms with Crippen LogP contribution in [0.3, 0.4) is 0 Å². The van der Waals surface area contributed by atoms with Crippen LogP contribution in [0.4, 0.5) is 0 Å². The molecule has 1 N–H and O–H groups in total. The lowest BCUT2D eigenvalue weighted by atomic mass is 9.77. The van der Waals surface area contributed by atoms with Gasteiger partial charge in [-0.25, -0.2) is 0 Å². The van der Waals surface area contributed by atoms with Gasteiger partial charge in [0.05, 0.1) is 12.2 Å². The van der Waals surface area contributed by atoms with Crippen LogP contribution in [0.2, 0.25) is 0 Å². The second-order valence-corrected chi connectivity index (χ2v) is 6.49. The third-order valence-corrected chi connectivity index (χ3v) is 4.86. The smallest absolute Gasteiger partial charge is 0.0811 e. The Hall–Kier alpha value is -0.860. The number of nitrogens with one attached hydrogen (secondary N) is 1. The Bertz CT molecular complexity index is 376. The minimum absolute atomic E-state index is 0.0523. The van der Waals surface area contributed by atoms with Crippen molar-refractivity contribution in [3.05, 3.63) is 35.9 Å². The Kier molecular flexibility index (Phi) is 6.72. The number of ether oxygens (including phenoxy) is 1. The van der Waals surface area contributed by atoms with Gasteiger partial charge in [-0.3, -0.25) is 0 Å². The zero-order valence-corrected chi connectivity index (χ0v) is 13.7. The first-order chi connectivity index (χ1) is 10.3. The van der Waals surface area contributed by atoms with Gasteiger partial charge >= 0.3 is 0 Å². The molecule has 1 aliphatic rings. The van der Waals surface area contributed by atoms with E-state index < -0.39 is 0 Å². The zero-order chi connectivity index (χ0) is 15.0. The topological polar surface area (TPSA) is 21.3 Å². The summed E-state index contributed by atoms with van der Waals surface area (Å²) in [5.74, 6) is 0.907. The lowest BCUT2D eigenvalue weighted by Gasteiger charge is -2.40. The fourth-order valence-corrected chi connectivity index (χ4v) is 3.29. The first kappa shape index (κ1) is 16.5. The van der Waals surface area contributed by atoms with E-state index >= 15 is 0 Å². The van der Waals surface area contributed by atoms with Crippen molar-refractivity contribution in [2.45, 2.75) is 64.6 Å². The SMILES string of the molecule is CCCNCC1(OCc2ccccc2)CCC(CC)CC1. The normalized spacial score (nSPS) is 25.9. The number of rotatable bonds is 8. The Morgan fingerprint density at radius 3 is 2.48 bits per heavy atom. The monoisotopic (exact) mass is 289 g/mol. The van der Waals surface area contributed by atoms with Gasteiger partial charge in [0.2, 0.25) is 0 Å². The largest absolute Gasteiger partial charge is 0.369 e. The van der Waals surface area contributed by atoms with Gasteiger partial charge in [0.1, 0.15) is 0 Å². The molecule has 2 nitrogen and oxygen atoms in total. The maximum Gasteiger partial charge on any atom is 0.0811 e. The van der Waals surface area contributed by atoms with E-state index in [9.17, 15) is 0 Å². The van der Waals surface area contributed by atoms with Crippen molar-refractivity contribution in [1.82, 2.24) is 5.32 Å². The van der Waals surface area contributed by atoms with Crippen molar-refractivity contribution in [1.29, 1.82) is 0 Å². The summed E-state index contributed by atoms with van der Waals surface area (Å²) >= 11 is 0. The van der Waals surface area contributed by atoms with E-state index in [0.29, 0.717) is 0 Å². The molecule has 1 saturated carbocycles. The van der Waals surface area contributed by atoms with Crippen LogP contribution in [0.5, 0.6) is 0 Å². The molecule has 1 aromatic rings. The molecule has 1 aliphatic carbocycles. The molecule has 0 radical (unpaired) electrons. The summed E-state index contributed by atoms with van der Waals surface area (Å²) in [7, 11) is 0. The molecule has 0 aromatic heterocycles. The van der Waals surface area contributed by atoms with E-state index in [1.165, 1.54) is 44.1 Å². The molecule has 1 aromatic carbocycles. The van der Waals surface area contributed by atoms with Gasteiger partial charge in [-0.1, -0.05) is 50.6 Å². The van der Waals surface area contributed by atoms with Gasteiger partial charge in [0.15, 0.2) is 0 Å². The molecule has 0 heterocycles. The van der Waals surface area contributed by atoms with Gasteiger partial charge in [0.25, 0.3) is 0 Å². The maximum absolute atomic E-state index is 6.43. The first-order valence-electron chi connectivity index (χ1n) is 8.66. The summed E-state index contributed by atoms with van der Waals surface area (Å²) < 4.78 is 6.43. The molecular weight excluding hydrogens is 258 g/mol. The summed E-state index contributed by atoms with van der Waals surface area (Å²) in [5.41, 5.74) is 1.33. The summed E-state index contributed by atoms with van der Waals surface area (Å²) in [6.45, 7) is 7.37. The van der Waals surface area contributed by atoms with Crippen LogP contribution >= 0.6 is 0 Å². The Morgan fingerprint density at radius 2 is 1.86 bits per heavy atom. The average molecular weight is 289 g/mol. The lowest BCUT2D eigenvalue weighted by Crippen LogP contribution is -2.46. The predicted octanol–water partition coefficient (Wildman–Crippen LogP) is 4.54. The molecule has 0 amide bonds. The van der Waals surface area contributed by atoms with Gasteiger partial charge in [-0.05, 0) is 50.1 Å². The molecule has 0 saturated heterocycles. The van der Waals surface area contributed by atoms with E-state index in [4.69, 9.17) is 4.74 Å². The summed E-state index contributed by atoms with van der Waals surface area (Å²) in [5, 5.41) is 3.59. The quantitative estimate of drug-likeness (QED) is 0.709. The third kappa shape index (κ3) is 5.12. The van der Waals surface area contributed by atoms with Crippen LogP contribution in [0.1, 0.15) is 57.9 Å². The molecule has 0 aliphatic heterocycles.